The van der Waals surface area contributed by atoms with Crippen LogP contribution in [0.2, 0.25) is 0 Å². The Balaban J connectivity index is 2.44. The fraction of sp³-hybridized carbons (Fsp3) is 0.400. The molecule has 1 aromatic heterocycles. The number of aryl methyl sites for hydroxylation is 1. The summed E-state index contributed by atoms with van der Waals surface area (Å²) < 4.78 is 5.19. The van der Waals surface area contributed by atoms with Crippen molar-refractivity contribution in [2.24, 2.45) is 0 Å². The molecule has 0 aliphatic rings. The molecule has 0 spiro atoms. The van der Waals surface area contributed by atoms with Crippen LogP contribution in [0.15, 0.2) is 18.2 Å². The average Bonchev–Trinajstić information content (AvgIpc) is 2.64. The van der Waals surface area contributed by atoms with Crippen LogP contribution in [0.3, 0.4) is 0 Å². The van der Waals surface area contributed by atoms with E-state index in [4.69, 9.17) is 4.74 Å². The van der Waals surface area contributed by atoms with E-state index in [2.05, 4.69) is 10.3 Å². The van der Waals surface area contributed by atoms with Crippen molar-refractivity contribution in [2.45, 2.75) is 33.2 Å². The first-order valence-electron chi connectivity index (χ1n) is 6.30. The van der Waals surface area contributed by atoms with Crippen molar-refractivity contribution in [1.82, 2.24) is 10.3 Å². The van der Waals surface area contributed by atoms with E-state index in [-0.39, 0.29) is 11.4 Å². The van der Waals surface area contributed by atoms with Gasteiger partial charge in [-0.15, -0.1) is 0 Å². The lowest BCUT2D eigenvalue weighted by molar-refractivity contribution is 0.0914. The molecule has 2 aromatic rings. The van der Waals surface area contributed by atoms with Crippen LogP contribution < -0.4 is 10.1 Å². The minimum atomic E-state index is -0.251. The maximum atomic E-state index is 12.2. The molecule has 102 valence electrons. The Labute approximate surface area is 113 Å². The van der Waals surface area contributed by atoms with Gasteiger partial charge in [0, 0.05) is 22.5 Å². The molecular formula is C15H20N2O2. The second kappa shape index (κ2) is 4.61. The summed E-state index contributed by atoms with van der Waals surface area (Å²) in [6, 6.07) is 5.76. The van der Waals surface area contributed by atoms with Gasteiger partial charge in [-0.25, -0.2) is 0 Å². The Bertz CT molecular complexity index is 621. The van der Waals surface area contributed by atoms with Crippen LogP contribution in [-0.4, -0.2) is 23.5 Å². The summed E-state index contributed by atoms with van der Waals surface area (Å²) in [6.07, 6.45) is 0. The van der Waals surface area contributed by atoms with Crippen LogP contribution in [0.5, 0.6) is 5.75 Å². The molecule has 0 aliphatic carbocycles. The van der Waals surface area contributed by atoms with Crippen LogP contribution in [0.25, 0.3) is 10.9 Å². The van der Waals surface area contributed by atoms with E-state index in [1.54, 1.807) is 7.11 Å². The molecule has 0 aliphatic heterocycles. The quantitative estimate of drug-likeness (QED) is 0.872. The van der Waals surface area contributed by atoms with Crippen molar-refractivity contribution in [3.63, 3.8) is 0 Å². The van der Waals surface area contributed by atoms with Gasteiger partial charge in [0.15, 0.2) is 0 Å². The van der Waals surface area contributed by atoms with Crippen LogP contribution in [0, 0.1) is 6.92 Å². The zero-order valence-electron chi connectivity index (χ0n) is 12.0. The largest absolute Gasteiger partial charge is 0.497 e. The second-order valence-corrected chi connectivity index (χ2v) is 5.74. The molecule has 0 fully saturated rings. The van der Waals surface area contributed by atoms with Gasteiger partial charge < -0.3 is 15.0 Å². The molecule has 0 atom stereocenters. The maximum Gasteiger partial charge on any atom is 0.268 e. The number of fused-ring (bicyclic) bond motifs is 1. The predicted molar refractivity (Wildman–Crippen MR) is 76.8 cm³/mol. The second-order valence-electron chi connectivity index (χ2n) is 5.74. The SMILES string of the molecule is COc1ccc2c(C)c(C(=O)NC(C)(C)C)[nH]c2c1. The lowest BCUT2D eigenvalue weighted by Gasteiger charge is -2.20. The van der Waals surface area contributed by atoms with Crippen molar-refractivity contribution >= 4 is 16.8 Å². The fourth-order valence-corrected chi connectivity index (χ4v) is 2.07. The lowest BCUT2D eigenvalue weighted by atomic mass is 10.1. The van der Waals surface area contributed by atoms with E-state index in [0.717, 1.165) is 22.2 Å². The number of aromatic nitrogens is 1. The molecule has 4 nitrogen and oxygen atoms in total. The van der Waals surface area contributed by atoms with Crippen LogP contribution >= 0.6 is 0 Å². The molecule has 1 heterocycles. The number of hydrogen-bond donors (Lipinski definition) is 2. The smallest absolute Gasteiger partial charge is 0.268 e. The van der Waals surface area contributed by atoms with Gasteiger partial charge in [0.2, 0.25) is 0 Å². The number of methoxy groups -OCH3 is 1. The van der Waals surface area contributed by atoms with E-state index >= 15 is 0 Å². The Morgan fingerprint density at radius 3 is 2.58 bits per heavy atom. The molecule has 0 saturated heterocycles. The molecule has 19 heavy (non-hydrogen) atoms. The number of nitrogens with one attached hydrogen (secondary N) is 2. The number of carbonyl (C=O) groups is 1. The van der Waals surface area contributed by atoms with Crippen molar-refractivity contribution in [3.8, 4) is 5.75 Å². The van der Waals surface area contributed by atoms with Crippen LogP contribution in [-0.2, 0) is 0 Å². The molecule has 2 rings (SSSR count). The highest BCUT2D eigenvalue weighted by atomic mass is 16.5. The molecule has 1 amide bonds. The molecule has 4 heteroatoms. The maximum absolute atomic E-state index is 12.2. The van der Waals surface area contributed by atoms with E-state index in [1.807, 2.05) is 45.9 Å². The standard InChI is InChI=1S/C15H20N2O2/c1-9-11-7-6-10(19-5)8-12(11)16-13(9)14(18)17-15(2,3)4/h6-8,16H,1-5H3,(H,17,18). The first-order valence-corrected chi connectivity index (χ1v) is 6.30. The molecule has 1 aromatic carbocycles. The van der Waals surface area contributed by atoms with Gasteiger partial charge in [0.1, 0.15) is 11.4 Å². The van der Waals surface area contributed by atoms with Crippen molar-refractivity contribution in [1.29, 1.82) is 0 Å². The van der Waals surface area contributed by atoms with Gasteiger partial charge in [-0.1, -0.05) is 0 Å². The molecule has 0 bridgehead atoms. The predicted octanol–water partition coefficient (Wildman–Crippen LogP) is 3.01. The third-order valence-electron chi connectivity index (χ3n) is 2.98. The molecule has 0 unspecified atom stereocenters. The number of rotatable bonds is 2. The normalized spacial score (nSPS) is 11.6. The number of benzene rings is 1. The monoisotopic (exact) mass is 260 g/mol. The summed E-state index contributed by atoms with van der Waals surface area (Å²) in [5.74, 6) is 0.691. The first kappa shape index (κ1) is 13.5. The Kier molecular flexibility index (Phi) is 3.27. The Morgan fingerprint density at radius 2 is 2.00 bits per heavy atom. The van der Waals surface area contributed by atoms with E-state index in [1.165, 1.54) is 0 Å². The number of aromatic amines is 1. The van der Waals surface area contributed by atoms with Crippen molar-refractivity contribution in [2.75, 3.05) is 7.11 Å². The van der Waals surface area contributed by atoms with Gasteiger partial charge in [-0.3, -0.25) is 4.79 Å². The van der Waals surface area contributed by atoms with E-state index in [0.29, 0.717) is 5.69 Å². The molecular weight excluding hydrogens is 240 g/mol. The summed E-state index contributed by atoms with van der Waals surface area (Å²) in [7, 11) is 1.63. The van der Waals surface area contributed by atoms with Gasteiger partial charge in [0.25, 0.3) is 5.91 Å². The molecule has 2 N–H and O–H groups in total. The number of H-pyrrole nitrogens is 1. The third-order valence-corrected chi connectivity index (χ3v) is 2.98. The molecule has 0 radical (unpaired) electrons. The number of ether oxygens (including phenoxy) is 1. The minimum absolute atomic E-state index is 0.0832. The highest BCUT2D eigenvalue weighted by molar-refractivity contribution is 6.01. The summed E-state index contributed by atoms with van der Waals surface area (Å²) in [5, 5.41) is 4.01. The lowest BCUT2D eigenvalue weighted by Crippen LogP contribution is -2.40. The van der Waals surface area contributed by atoms with E-state index < -0.39 is 0 Å². The van der Waals surface area contributed by atoms with Crippen LogP contribution in [0.4, 0.5) is 0 Å². The van der Waals surface area contributed by atoms with Crippen molar-refractivity contribution in [3.05, 3.63) is 29.5 Å². The zero-order valence-corrected chi connectivity index (χ0v) is 12.0. The summed E-state index contributed by atoms with van der Waals surface area (Å²) in [5.41, 5.74) is 2.23. The third kappa shape index (κ3) is 2.72. The number of amides is 1. The topological polar surface area (TPSA) is 54.1 Å². The fourth-order valence-electron chi connectivity index (χ4n) is 2.07. The van der Waals surface area contributed by atoms with Gasteiger partial charge in [-0.05, 0) is 45.4 Å². The van der Waals surface area contributed by atoms with Gasteiger partial charge >= 0.3 is 0 Å². The average molecular weight is 260 g/mol. The first-order chi connectivity index (χ1) is 8.81. The van der Waals surface area contributed by atoms with Crippen molar-refractivity contribution < 1.29 is 9.53 Å². The summed E-state index contributed by atoms with van der Waals surface area (Å²) in [4.78, 5) is 15.4. The summed E-state index contributed by atoms with van der Waals surface area (Å²) >= 11 is 0. The summed E-state index contributed by atoms with van der Waals surface area (Å²) in [6.45, 7) is 7.84. The Hall–Kier alpha value is -1.97. The Morgan fingerprint density at radius 1 is 1.32 bits per heavy atom. The van der Waals surface area contributed by atoms with E-state index in [9.17, 15) is 4.79 Å². The van der Waals surface area contributed by atoms with Crippen LogP contribution in [0.1, 0.15) is 36.8 Å². The van der Waals surface area contributed by atoms with Gasteiger partial charge in [0.05, 0.1) is 7.11 Å². The molecule has 0 saturated carbocycles. The minimum Gasteiger partial charge on any atom is -0.497 e. The van der Waals surface area contributed by atoms with Gasteiger partial charge in [-0.2, -0.15) is 0 Å². The highest BCUT2D eigenvalue weighted by Crippen LogP contribution is 2.25. The zero-order chi connectivity index (χ0) is 14.2. The highest BCUT2D eigenvalue weighted by Gasteiger charge is 2.19. The number of hydrogen-bond acceptors (Lipinski definition) is 2. The number of carbonyl (C=O) groups excluding carboxylic acids is 1.